The van der Waals surface area contributed by atoms with Crippen LogP contribution in [0.3, 0.4) is 0 Å². The maximum Gasteiger partial charge on any atom is 0.271 e. The number of hydrogen-bond acceptors (Lipinski definition) is 7. The summed E-state index contributed by atoms with van der Waals surface area (Å²) in [4.78, 5) is 29.8. The molecule has 0 aliphatic heterocycles. The van der Waals surface area contributed by atoms with Crippen molar-refractivity contribution in [1.82, 2.24) is 10.4 Å². The summed E-state index contributed by atoms with van der Waals surface area (Å²) >= 11 is 11.0. The van der Waals surface area contributed by atoms with E-state index in [-0.39, 0.29) is 18.4 Å². The molecule has 2 amide bonds. The number of rotatable bonds is 10. The molecule has 43 heavy (non-hydrogen) atoms. The van der Waals surface area contributed by atoms with E-state index in [1.165, 1.54) is 23.1 Å². The third-order valence-electron chi connectivity index (χ3n) is 6.10. The number of hydrogen-bond donors (Lipinski definition) is 3. The van der Waals surface area contributed by atoms with Crippen LogP contribution in [-0.2, 0) is 4.79 Å². The molecule has 8 nitrogen and oxygen atoms in total. The van der Waals surface area contributed by atoms with Crippen molar-refractivity contribution in [1.29, 1.82) is 0 Å². The van der Waals surface area contributed by atoms with E-state index in [1.807, 2.05) is 48.7 Å². The summed E-state index contributed by atoms with van der Waals surface area (Å²) < 4.78 is 6.49. The van der Waals surface area contributed by atoms with Gasteiger partial charge in [-0.3, -0.25) is 9.59 Å². The highest BCUT2D eigenvalue weighted by atomic mass is 79.9. The lowest BCUT2D eigenvalue weighted by atomic mass is 10.1. The lowest BCUT2D eigenvalue weighted by Crippen LogP contribution is -2.21. The highest BCUT2D eigenvalue weighted by molar-refractivity contribution is 9.10. The van der Waals surface area contributed by atoms with E-state index in [0.717, 1.165) is 26.5 Å². The van der Waals surface area contributed by atoms with Crippen LogP contribution >= 0.6 is 38.9 Å². The molecule has 1 aromatic heterocycles. The average Bonchev–Trinajstić information content (AvgIpc) is 3.47. The Bertz CT molecular complexity index is 1780. The van der Waals surface area contributed by atoms with Gasteiger partial charge >= 0.3 is 0 Å². The van der Waals surface area contributed by atoms with Gasteiger partial charge in [0.15, 0.2) is 11.7 Å². The predicted octanol–water partition coefficient (Wildman–Crippen LogP) is 8.06. The van der Waals surface area contributed by atoms with Gasteiger partial charge in [0.1, 0.15) is 5.75 Å². The third kappa shape index (κ3) is 8.29. The number of thiazole rings is 1. The minimum Gasteiger partial charge on any atom is -0.483 e. The van der Waals surface area contributed by atoms with Crippen LogP contribution in [0.15, 0.2) is 106 Å². The maximum absolute atomic E-state index is 12.7. The normalized spacial score (nSPS) is 10.9. The van der Waals surface area contributed by atoms with Crippen molar-refractivity contribution in [3.63, 3.8) is 0 Å². The topological polar surface area (TPSA) is 105 Å². The fraction of sp³-hybridized carbons (Fsp3) is 0.0625. The molecule has 5 aromatic rings. The first-order valence-corrected chi connectivity index (χ1v) is 15.1. The zero-order valence-electron chi connectivity index (χ0n) is 22.8. The first kappa shape index (κ1) is 30.0. The van der Waals surface area contributed by atoms with E-state index in [4.69, 9.17) is 16.3 Å². The van der Waals surface area contributed by atoms with Crippen molar-refractivity contribution < 1.29 is 14.3 Å². The van der Waals surface area contributed by atoms with Crippen molar-refractivity contribution in [2.24, 2.45) is 5.10 Å². The summed E-state index contributed by atoms with van der Waals surface area (Å²) in [7, 11) is 0. The van der Waals surface area contributed by atoms with Crippen LogP contribution in [0.25, 0.3) is 11.3 Å². The summed E-state index contributed by atoms with van der Waals surface area (Å²) in [5.41, 5.74) is 7.91. The number of carbonyl (C=O) groups is 2. The molecule has 4 aromatic carbocycles. The number of ether oxygens (including phenoxy) is 1. The van der Waals surface area contributed by atoms with Crippen molar-refractivity contribution in [2.75, 3.05) is 17.2 Å². The van der Waals surface area contributed by atoms with Gasteiger partial charge in [-0.1, -0.05) is 69.5 Å². The molecule has 5 rings (SSSR count). The smallest absolute Gasteiger partial charge is 0.271 e. The van der Waals surface area contributed by atoms with Gasteiger partial charge in [-0.2, -0.15) is 5.10 Å². The highest BCUT2D eigenvalue weighted by Crippen LogP contribution is 2.28. The molecule has 0 saturated heterocycles. The minimum absolute atomic E-state index is 0.241. The van der Waals surface area contributed by atoms with Gasteiger partial charge in [0.05, 0.1) is 22.6 Å². The molecule has 0 unspecified atom stereocenters. The maximum atomic E-state index is 12.7. The first-order valence-electron chi connectivity index (χ1n) is 13.0. The second-order valence-electron chi connectivity index (χ2n) is 9.30. The Balaban J connectivity index is 1.17. The Hall–Kier alpha value is -4.51. The van der Waals surface area contributed by atoms with Crippen LogP contribution < -0.4 is 20.8 Å². The lowest BCUT2D eigenvalue weighted by Gasteiger charge is -2.11. The molecule has 1 heterocycles. The third-order valence-corrected chi connectivity index (χ3v) is 7.68. The standard InChI is InChI=1S/C32H25BrClN5O3S/c1-20-6-13-25(14-7-20)36-32-38-28(19-43-32)21-8-10-22(11-9-21)31(41)39-35-17-23-16-24(33)12-15-29(23)42-18-30(40)37-27-5-3-2-4-26(27)34/h2-17,19H,18H2,1H3,(H,36,38)(H,37,40)(H,39,41)/b35-17+. The van der Waals surface area contributed by atoms with Crippen LogP contribution in [0.4, 0.5) is 16.5 Å². The fourth-order valence-electron chi connectivity index (χ4n) is 3.89. The monoisotopic (exact) mass is 673 g/mol. The molecule has 0 saturated carbocycles. The van der Waals surface area contributed by atoms with E-state index in [0.29, 0.717) is 27.6 Å². The second-order valence-corrected chi connectivity index (χ2v) is 11.5. The number of benzene rings is 4. The number of nitrogens with one attached hydrogen (secondary N) is 3. The first-order chi connectivity index (χ1) is 20.8. The molecule has 11 heteroatoms. The molecule has 0 aliphatic rings. The minimum atomic E-state index is -0.376. The van der Waals surface area contributed by atoms with Gasteiger partial charge in [0, 0.05) is 32.2 Å². The number of carbonyl (C=O) groups excluding carboxylic acids is 2. The number of anilines is 3. The Morgan fingerprint density at radius 2 is 1.79 bits per heavy atom. The number of amides is 2. The van der Waals surface area contributed by atoms with Crippen molar-refractivity contribution in [3.05, 3.63) is 123 Å². The number of halogens is 2. The van der Waals surface area contributed by atoms with E-state index < -0.39 is 0 Å². The van der Waals surface area contributed by atoms with Crippen molar-refractivity contribution in [3.8, 4) is 17.0 Å². The zero-order valence-corrected chi connectivity index (χ0v) is 26.0. The van der Waals surface area contributed by atoms with E-state index in [2.05, 4.69) is 42.1 Å². The van der Waals surface area contributed by atoms with E-state index in [9.17, 15) is 9.59 Å². The molecule has 0 aliphatic carbocycles. The number of nitrogens with zero attached hydrogens (tertiary/aromatic N) is 2. The largest absolute Gasteiger partial charge is 0.483 e. The van der Waals surface area contributed by atoms with Crippen molar-refractivity contribution in [2.45, 2.75) is 6.92 Å². The summed E-state index contributed by atoms with van der Waals surface area (Å²) in [6.07, 6.45) is 1.45. The van der Waals surface area contributed by atoms with Gasteiger partial charge in [-0.25, -0.2) is 10.4 Å². The quantitative estimate of drug-likeness (QED) is 0.103. The number of aryl methyl sites for hydroxylation is 1. The average molecular weight is 675 g/mol. The van der Waals surface area contributed by atoms with Crippen LogP contribution in [-0.4, -0.2) is 29.6 Å². The molecule has 0 bridgehead atoms. The molecular formula is C32H25BrClN5O3S. The Morgan fingerprint density at radius 1 is 1.02 bits per heavy atom. The summed E-state index contributed by atoms with van der Waals surface area (Å²) in [6, 6.07) is 27.4. The van der Waals surface area contributed by atoms with Gasteiger partial charge < -0.3 is 15.4 Å². The highest BCUT2D eigenvalue weighted by Gasteiger charge is 2.11. The fourth-order valence-corrected chi connectivity index (χ4v) is 5.19. The van der Waals surface area contributed by atoms with Gasteiger partial charge in [0.25, 0.3) is 11.8 Å². The number of hydrazone groups is 1. The van der Waals surface area contributed by atoms with Gasteiger partial charge in [-0.15, -0.1) is 11.3 Å². The van der Waals surface area contributed by atoms with Gasteiger partial charge in [-0.05, 0) is 61.5 Å². The molecule has 0 spiro atoms. The van der Waals surface area contributed by atoms with E-state index in [1.54, 1.807) is 54.6 Å². The molecular weight excluding hydrogens is 650 g/mol. The summed E-state index contributed by atoms with van der Waals surface area (Å²) in [5, 5.41) is 13.3. The number of aromatic nitrogens is 1. The van der Waals surface area contributed by atoms with Crippen LogP contribution in [0.5, 0.6) is 5.75 Å². The van der Waals surface area contributed by atoms with Crippen LogP contribution in [0.2, 0.25) is 5.02 Å². The molecule has 3 N–H and O–H groups in total. The molecule has 0 atom stereocenters. The lowest BCUT2D eigenvalue weighted by molar-refractivity contribution is -0.118. The summed E-state index contributed by atoms with van der Waals surface area (Å²) in [5.74, 6) is -0.328. The summed E-state index contributed by atoms with van der Waals surface area (Å²) in [6.45, 7) is 1.80. The van der Waals surface area contributed by atoms with Crippen LogP contribution in [0, 0.1) is 6.92 Å². The number of para-hydroxylation sites is 1. The Morgan fingerprint density at radius 3 is 2.56 bits per heavy atom. The second kappa shape index (κ2) is 14.1. The van der Waals surface area contributed by atoms with E-state index >= 15 is 0 Å². The van der Waals surface area contributed by atoms with Crippen LogP contribution in [0.1, 0.15) is 21.5 Å². The molecule has 0 radical (unpaired) electrons. The van der Waals surface area contributed by atoms with Crippen molar-refractivity contribution >= 4 is 73.4 Å². The molecule has 0 fully saturated rings. The SMILES string of the molecule is Cc1ccc(Nc2nc(-c3ccc(C(=O)N/N=C/c4cc(Br)ccc4OCC(=O)Nc4ccccc4Cl)cc3)cs2)cc1. The van der Waals surface area contributed by atoms with Gasteiger partial charge in [0.2, 0.25) is 0 Å². The zero-order chi connectivity index (χ0) is 30.2. The molecule has 216 valence electrons. The Kier molecular flexibility index (Phi) is 9.83. The Labute approximate surface area is 265 Å². The predicted molar refractivity (Wildman–Crippen MR) is 177 cm³/mol.